The summed E-state index contributed by atoms with van der Waals surface area (Å²) in [5.41, 5.74) is 2.06. The van der Waals surface area contributed by atoms with Crippen LogP contribution in [0, 0.1) is 6.92 Å². The normalized spacial score (nSPS) is 17.7. The summed E-state index contributed by atoms with van der Waals surface area (Å²) in [6.07, 6.45) is 0.911. The van der Waals surface area contributed by atoms with Crippen LogP contribution in [0.5, 0.6) is 0 Å². The number of aryl methyl sites for hydroxylation is 1. The maximum absolute atomic E-state index is 12.5. The second kappa shape index (κ2) is 5.97. The van der Waals surface area contributed by atoms with Crippen molar-refractivity contribution in [2.45, 2.75) is 19.3 Å². The average Bonchev–Trinajstić information content (AvgIpc) is 2.95. The molecule has 114 valence electrons. The van der Waals surface area contributed by atoms with Crippen molar-refractivity contribution < 1.29 is 4.79 Å². The first-order valence-electron chi connectivity index (χ1n) is 7.28. The van der Waals surface area contributed by atoms with Gasteiger partial charge >= 0.3 is 0 Å². The van der Waals surface area contributed by atoms with Gasteiger partial charge in [-0.15, -0.1) is 0 Å². The molecule has 0 spiro atoms. The van der Waals surface area contributed by atoms with Crippen LogP contribution in [0.2, 0.25) is 5.02 Å². The van der Waals surface area contributed by atoms with E-state index in [1.165, 1.54) is 6.07 Å². The van der Waals surface area contributed by atoms with Gasteiger partial charge in [0.2, 0.25) is 5.56 Å². The number of carbonyl (C=O) groups excluding carboxylic acids is 1. The van der Waals surface area contributed by atoms with E-state index in [-0.39, 0.29) is 11.5 Å². The Kier molecular flexibility index (Phi) is 4.03. The number of benzene rings is 1. The van der Waals surface area contributed by atoms with Crippen molar-refractivity contribution in [2.75, 3.05) is 13.1 Å². The van der Waals surface area contributed by atoms with Crippen molar-refractivity contribution in [1.29, 1.82) is 0 Å². The minimum atomic E-state index is -0.242. The lowest BCUT2D eigenvalue weighted by Crippen LogP contribution is -2.29. The predicted octanol–water partition coefficient (Wildman–Crippen LogP) is 2.97. The Morgan fingerprint density at radius 2 is 2.14 bits per heavy atom. The van der Waals surface area contributed by atoms with Gasteiger partial charge in [-0.3, -0.25) is 9.59 Å². The highest BCUT2D eigenvalue weighted by Gasteiger charge is 2.28. The van der Waals surface area contributed by atoms with Gasteiger partial charge in [0.25, 0.3) is 5.91 Å². The summed E-state index contributed by atoms with van der Waals surface area (Å²) in [5, 5.41) is 0.715. The lowest BCUT2D eigenvalue weighted by atomic mass is 9.99. The largest absolute Gasteiger partial charge is 0.338 e. The third kappa shape index (κ3) is 3.07. The summed E-state index contributed by atoms with van der Waals surface area (Å²) in [4.78, 5) is 28.5. The van der Waals surface area contributed by atoms with Crippen LogP contribution in [0.25, 0.3) is 0 Å². The van der Waals surface area contributed by atoms with Crippen molar-refractivity contribution in [1.82, 2.24) is 9.88 Å². The molecule has 1 fully saturated rings. The van der Waals surface area contributed by atoms with Crippen molar-refractivity contribution >= 4 is 17.5 Å². The Morgan fingerprint density at radius 3 is 2.86 bits per heavy atom. The summed E-state index contributed by atoms with van der Waals surface area (Å²) >= 11 is 6.03. The number of rotatable bonds is 2. The molecule has 1 amide bonds. The zero-order valence-electron chi connectivity index (χ0n) is 12.3. The van der Waals surface area contributed by atoms with E-state index in [0.717, 1.165) is 12.0 Å². The van der Waals surface area contributed by atoms with E-state index in [9.17, 15) is 9.59 Å². The molecule has 0 aliphatic carbocycles. The van der Waals surface area contributed by atoms with Gasteiger partial charge in [0.15, 0.2) is 0 Å². The van der Waals surface area contributed by atoms with E-state index in [1.807, 2.05) is 24.3 Å². The van der Waals surface area contributed by atoms with Gasteiger partial charge in [-0.25, -0.2) is 0 Å². The quantitative estimate of drug-likeness (QED) is 0.926. The van der Waals surface area contributed by atoms with Crippen molar-refractivity contribution in [3.63, 3.8) is 0 Å². The Hall–Kier alpha value is -2.07. The molecule has 1 saturated heterocycles. The molecule has 0 unspecified atom stereocenters. The molecular weight excluding hydrogens is 300 g/mol. The second-order valence-electron chi connectivity index (χ2n) is 5.71. The summed E-state index contributed by atoms with van der Waals surface area (Å²) in [6, 6.07) is 10.9. The molecule has 1 atom stereocenters. The van der Waals surface area contributed by atoms with Crippen LogP contribution in [0.15, 0.2) is 41.2 Å². The fourth-order valence-electron chi connectivity index (χ4n) is 2.97. The number of halogens is 1. The molecule has 3 rings (SSSR count). The Labute approximate surface area is 133 Å². The molecule has 4 nitrogen and oxygen atoms in total. The molecule has 0 radical (unpaired) electrons. The monoisotopic (exact) mass is 316 g/mol. The fourth-order valence-corrected chi connectivity index (χ4v) is 3.16. The number of pyridine rings is 1. The first-order valence-corrected chi connectivity index (χ1v) is 7.66. The minimum absolute atomic E-state index is 0.0845. The summed E-state index contributed by atoms with van der Waals surface area (Å²) < 4.78 is 0. The number of H-pyrrole nitrogens is 1. The highest BCUT2D eigenvalue weighted by molar-refractivity contribution is 6.30. The van der Waals surface area contributed by atoms with E-state index in [2.05, 4.69) is 4.98 Å². The number of amides is 1. The first-order chi connectivity index (χ1) is 10.5. The van der Waals surface area contributed by atoms with E-state index in [1.54, 1.807) is 17.9 Å². The highest BCUT2D eigenvalue weighted by atomic mass is 35.5. The molecule has 1 aliphatic rings. The molecule has 0 saturated carbocycles. The van der Waals surface area contributed by atoms with E-state index in [0.29, 0.717) is 35.3 Å². The highest BCUT2D eigenvalue weighted by Crippen LogP contribution is 2.29. The van der Waals surface area contributed by atoms with Crippen LogP contribution in [-0.4, -0.2) is 28.9 Å². The van der Waals surface area contributed by atoms with Crippen LogP contribution in [0.3, 0.4) is 0 Å². The first kappa shape index (κ1) is 14.9. The van der Waals surface area contributed by atoms with Crippen molar-refractivity contribution in [3.8, 4) is 0 Å². The lowest BCUT2D eigenvalue weighted by Gasteiger charge is -2.17. The maximum Gasteiger partial charge on any atom is 0.254 e. The summed E-state index contributed by atoms with van der Waals surface area (Å²) in [7, 11) is 0. The molecular formula is C17H17ClN2O2. The third-order valence-electron chi connectivity index (χ3n) is 4.02. The van der Waals surface area contributed by atoms with Crippen LogP contribution < -0.4 is 5.56 Å². The number of nitrogens with one attached hydrogen (secondary N) is 1. The lowest BCUT2D eigenvalue weighted by molar-refractivity contribution is 0.0790. The van der Waals surface area contributed by atoms with Gasteiger partial charge in [-0.2, -0.15) is 0 Å². The van der Waals surface area contributed by atoms with Crippen LogP contribution in [0.1, 0.15) is 34.0 Å². The Morgan fingerprint density at radius 1 is 1.32 bits per heavy atom. The molecule has 5 heteroatoms. The number of hydrogen-bond acceptors (Lipinski definition) is 2. The number of hydrogen-bond donors (Lipinski definition) is 1. The van der Waals surface area contributed by atoms with Gasteiger partial charge in [0, 0.05) is 41.4 Å². The minimum Gasteiger partial charge on any atom is -0.338 e. The Balaban J connectivity index is 1.77. The van der Waals surface area contributed by atoms with Crippen LogP contribution >= 0.6 is 11.6 Å². The number of aromatic nitrogens is 1. The standard InChI is InChI=1S/C17H17ClN2O2/c1-11-7-14(9-16(21)19-11)17(22)20-6-5-13(10-20)12-3-2-4-15(18)8-12/h2-4,7-9,13H,5-6,10H2,1H3,(H,19,21)/t13-/m1/s1. The number of nitrogens with zero attached hydrogens (tertiary/aromatic N) is 1. The van der Waals surface area contributed by atoms with Gasteiger partial charge in [-0.1, -0.05) is 23.7 Å². The van der Waals surface area contributed by atoms with Crippen LogP contribution in [-0.2, 0) is 0 Å². The maximum atomic E-state index is 12.5. The van der Waals surface area contributed by atoms with Crippen molar-refractivity contribution in [2.24, 2.45) is 0 Å². The molecule has 2 heterocycles. The third-order valence-corrected chi connectivity index (χ3v) is 4.26. The molecule has 1 aromatic carbocycles. The molecule has 1 aliphatic heterocycles. The predicted molar refractivity (Wildman–Crippen MR) is 86.5 cm³/mol. The van der Waals surface area contributed by atoms with Crippen molar-refractivity contribution in [3.05, 3.63) is 68.6 Å². The topological polar surface area (TPSA) is 53.2 Å². The van der Waals surface area contributed by atoms with Gasteiger partial charge < -0.3 is 9.88 Å². The zero-order valence-corrected chi connectivity index (χ0v) is 13.1. The van der Waals surface area contributed by atoms with E-state index >= 15 is 0 Å². The van der Waals surface area contributed by atoms with Gasteiger partial charge in [-0.05, 0) is 37.1 Å². The fraction of sp³-hybridized carbons (Fsp3) is 0.294. The van der Waals surface area contributed by atoms with E-state index < -0.39 is 0 Å². The zero-order chi connectivity index (χ0) is 15.7. The average molecular weight is 317 g/mol. The van der Waals surface area contributed by atoms with Gasteiger partial charge in [0.05, 0.1) is 0 Å². The smallest absolute Gasteiger partial charge is 0.254 e. The van der Waals surface area contributed by atoms with Crippen LogP contribution in [0.4, 0.5) is 0 Å². The number of carbonyl (C=O) groups is 1. The molecule has 22 heavy (non-hydrogen) atoms. The molecule has 1 aromatic heterocycles. The number of likely N-dealkylation sites (tertiary alicyclic amines) is 1. The van der Waals surface area contributed by atoms with Gasteiger partial charge in [0.1, 0.15) is 0 Å². The summed E-state index contributed by atoms with van der Waals surface area (Å²) in [5.74, 6) is 0.212. The molecule has 0 bridgehead atoms. The second-order valence-corrected chi connectivity index (χ2v) is 6.14. The Bertz CT molecular complexity index is 769. The molecule has 1 N–H and O–H groups in total. The molecule has 2 aromatic rings. The SMILES string of the molecule is Cc1cc(C(=O)N2CC[C@@H](c3cccc(Cl)c3)C2)cc(=O)[nH]1. The van der Waals surface area contributed by atoms with E-state index in [4.69, 9.17) is 11.6 Å². The number of aromatic amines is 1. The summed E-state index contributed by atoms with van der Waals surface area (Å²) in [6.45, 7) is 3.13.